The molecule has 0 bridgehead atoms. The lowest BCUT2D eigenvalue weighted by Gasteiger charge is -2.01. The SMILES string of the molecule is C#CCSCCNCC=C(CC)C(=O)O. The summed E-state index contributed by atoms with van der Waals surface area (Å²) in [5.41, 5.74) is 0.457. The topological polar surface area (TPSA) is 49.3 Å². The molecule has 0 saturated carbocycles. The molecule has 0 heterocycles. The first-order valence-corrected chi connectivity index (χ1v) is 6.02. The number of carbonyl (C=O) groups is 1. The Morgan fingerprint density at radius 2 is 2.40 bits per heavy atom. The van der Waals surface area contributed by atoms with Crippen LogP contribution in [0.3, 0.4) is 0 Å². The zero-order valence-electron chi connectivity index (χ0n) is 8.95. The zero-order chi connectivity index (χ0) is 11.5. The number of carboxylic acids is 1. The van der Waals surface area contributed by atoms with Gasteiger partial charge in [-0.1, -0.05) is 18.9 Å². The molecule has 0 aliphatic rings. The normalized spacial score (nSPS) is 11.1. The van der Waals surface area contributed by atoms with Gasteiger partial charge in [-0.3, -0.25) is 0 Å². The fourth-order valence-electron chi connectivity index (χ4n) is 0.956. The summed E-state index contributed by atoms with van der Waals surface area (Å²) in [6, 6.07) is 0. The Morgan fingerprint density at radius 3 is 2.93 bits per heavy atom. The highest BCUT2D eigenvalue weighted by molar-refractivity contribution is 7.99. The van der Waals surface area contributed by atoms with Crippen LogP contribution in [-0.4, -0.2) is 35.7 Å². The van der Waals surface area contributed by atoms with E-state index in [0.717, 1.165) is 18.1 Å². The molecule has 0 amide bonds. The molecule has 0 spiro atoms. The Labute approximate surface area is 95.3 Å². The quantitative estimate of drug-likeness (QED) is 0.373. The van der Waals surface area contributed by atoms with E-state index in [1.165, 1.54) is 0 Å². The van der Waals surface area contributed by atoms with Gasteiger partial charge in [0.25, 0.3) is 0 Å². The first-order valence-electron chi connectivity index (χ1n) is 4.86. The maximum absolute atomic E-state index is 10.6. The molecule has 84 valence electrons. The molecule has 2 N–H and O–H groups in total. The third-order valence-corrected chi connectivity index (χ3v) is 2.62. The number of rotatable bonds is 8. The van der Waals surface area contributed by atoms with Crippen molar-refractivity contribution in [3.05, 3.63) is 11.6 Å². The van der Waals surface area contributed by atoms with Gasteiger partial charge in [-0.15, -0.1) is 18.2 Å². The van der Waals surface area contributed by atoms with E-state index in [9.17, 15) is 4.79 Å². The first-order chi connectivity index (χ1) is 7.22. The maximum Gasteiger partial charge on any atom is 0.331 e. The van der Waals surface area contributed by atoms with Crippen LogP contribution in [-0.2, 0) is 4.79 Å². The number of hydrogen-bond donors (Lipinski definition) is 2. The third-order valence-electron chi connectivity index (χ3n) is 1.76. The number of terminal acetylenes is 1. The maximum atomic E-state index is 10.6. The van der Waals surface area contributed by atoms with Crippen LogP contribution in [0.15, 0.2) is 11.6 Å². The standard InChI is InChI=1S/C11H17NO2S/c1-3-8-15-9-7-12-6-5-10(4-2)11(13)14/h1,5,12H,4,6-9H2,2H3,(H,13,14). The third kappa shape index (κ3) is 8.10. The minimum atomic E-state index is -0.832. The lowest BCUT2D eigenvalue weighted by atomic mass is 10.2. The van der Waals surface area contributed by atoms with E-state index < -0.39 is 5.97 Å². The Bertz CT molecular complexity index is 256. The highest BCUT2D eigenvalue weighted by Gasteiger charge is 2.01. The molecule has 0 aliphatic carbocycles. The molecular formula is C11H17NO2S. The first kappa shape index (κ1) is 14.1. The van der Waals surface area contributed by atoms with E-state index in [2.05, 4.69) is 11.2 Å². The van der Waals surface area contributed by atoms with Crippen molar-refractivity contribution in [3.63, 3.8) is 0 Å². The zero-order valence-corrected chi connectivity index (χ0v) is 9.77. The highest BCUT2D eigenvalue weighted by Crippen LogP contribution is 1.99. The second-order valence-electron chi connectivity index (χ2n) is 2.85. The van der Waals surface area contributed by atoms with Crippen LogP contribution in [0.1, 0.15) is 13.3 Å². The van der Waals surface area contributed by atoms with Gasteiger partial charge in [0.05, 0.1) is 5.75 Å². The van der Waals surface area contributed by atoms with E-state index in [1.54, 1.807) is 17.8 Å². The van der Waals surface area contributed by atoms with E-state index in [0.29, 0.717) is 18.5 Å². The van der Waals surface area contributed by atoms with Crippen LogP contribution in [0.5, 0.6) is 0 Å². The number of hydrogen-bond acceptors (Lipinski definition) is 3. The van der Waals surface area contributed by atoms with Crippen molar-refractivity contribution in [2.75, 3.05) is 24.6 Å². The van der Waals surface area contributed by atoms with E-state index >= 15 is 0 Å². The molecule has 0 unspecified atom stereocenters. The molecule has 4 heteroatoms. The monoisotopic (exact) mass is 227 g/mol. The fraction of sp³-hybridized carbons (Fsp3) is 0.545. The van der Waals surface area contributed by atoms with E-state index in [1.807, 2.05) is 6.92 Å². The molecule has 0 aromatic carbocycles. The molecule has 0 radical (unpaired) electrons. The van der Waals surface area contributed by atoms with Crippen LogP contribution >= 0.6 is 11.8 Å². The van der Waals surface area contributed by atoms with Crippen LogP contribution in [0.4, 0.5) is 0 Å². The molecule has 0 saturated heterocycles. The van der Waals surface area contributed by atoms with Gasteiger partial charge in [-0.25, -0.2) is 4.79 Å². The molecule has 0 rings (SSSR count). The summed E-state index contributed by atoms with van der Waals surface area (Å²) in [5.74, 6) is 3.39. The number of thioether (sulfide) groups is 1. The summed E-state index contributed by atoms with van der Waals surface area (Å²) in [7, 11) is 0. The van der Waals surface area contributed by atoms with Gasteiger partial charge < -0.3 is 10.4 Å². The second-order valence-corrected chi connectivity index (χ2v) is 3.95. The molecule has 0 aliphatic heterocycles. The Kier molecular flexibility index (Phi) is 9.04. The Balaban J connectivity index is 3.52. The van der Waals surface area contributed by atoms with Gasteiger partial charge >= 0.3 is 5.97 Å². The van der Waals surface area contributed by atoms with Crippen LogP contribution in [0.2, 0.25) is 0 Å². The average molecular weight is 227 g/mol. The second kappa shape index (κ2) is 9.63. The minimum Gasteiger partial charge on any atom is -0.478 e. The largest absolute Gasteiger partial charge is 0.478 e. The average Bonchev–Trinajstić information content (AvgIpc) is 2.21. The summed E-state index contributed by atoms with van der Waals surface area (Å²) in [4.78, 5) is 10.6. The summed E-state index contributed by atoms with van der Waals surface area (Å²) < 4.78 is 0. The van der Waals surface area contributed by atoms with Gasteiger partial charge in [0, 0.05) is 24.4 Å². The molecule has 3 nitrogen and oxygen atoms in total. The van der Waals surface area contributed by atoms with Crippen LogP contribution in [0.25, 0.3) is 0 Å². The molecule has 0 aromatic rings. The van der Waals surface area contributed by atoms with Crippen molar-refractivity contribution in [2.24, 2.45) is 0 Å². The predicted octanol–water partition coefficient (Wildman–Crippen LogP) is 1.36. The lowest BCUT2D eigenvalue weighted by Crippen LogP contribution is -2.18. The molecular weight excluding hydrogens is 210 g/mol. The summed E-state index contributed by atoms with van der Waals surface area (Å²) in [5, 5.41) is 11.9. The van der Waals surface area contributed by atoms with Crippen LogP contribution in [0, 0.1) is 12.3 Å². The smallest absolute Gasteiger partial charge is 0.331 e. The van der Waals surface area contributed by atoms with Crippen molar-refractivity contribution >= 4 is 17.7 Å². The van der Waals surface area contributed by atoms with E-state index in [-0.39, 0.29) is 0 Å². The van der Waals surface area contributed by atoms with Gasteiger partial charge in [0.2, 0.25) is 0 Å². The fourth-order valence-corrected chi connectivity index (χ4v) is 1.51. The van der Waals surface area contributed by atoms with Crippen molar-refractivity contribution in [1.29, 1.82) is 0 Å². The van der Waals surface area contributed by atoms with Gasteiger partial charge in [-0.05, 0) is 6.42 Å². The number of nitrogens with one attached hydrogen (secondary N) is 1. The summed E-state index contributed by atoms with van der Waals surface area (Å²) in [6.45, 7) is 3.29. The molecule has 0 fully saturated rings. The molecule has 0 atom stereocenters. The Hall–Kier alpha value is -0.920. The van der Waals surface area contributed by atoms with Gasteiger partial charge in [-0.2, -0.15) is 0 Å². The van der Waals surface area contributed by atoms with Gasteiger partial charge in [0.15, 0.2) is 0 Å². The lowest BCUT2D eigenvalue weighted by molar-refractivity contribution is -0.132. The molecule has 0 aromatic heterocycles. The number of carboxylic acid groups (broad SMARTS) is 1. The summed E-state index contributed by atoms with van der Waals surface area (Å²) in [6.07, 6.45) is 7.37. The van der Waals surface area contributed by atoms with Crippen molar-refractivity contribution < 1.29 is 9.90 Å². The predicted molar refractivity (Wildman–Crippen MR) is 65.0 cm³/mol. The summed E-state index contributed by atoms with van der Waals surface area (Å²) >= 11 is 1.69. The minimum absolute atomic E-state index is 0.457. The van der Waals surface area contributed by atoms with Gasteiger partial charge in [0.1, 0.15) is 0 Å². The van der Waals surface area contributed by atoms with Crippen LogP contribution < -0.4 is 5.32 Å². The highest BCUT2D eigenvalue weighted by atomic mass is 32.2. The van der Waals surface area contributed by atoms with E-state index in [4.69, 9.17) is 11.5 Å². The Morgan fingerprint density at radius 1 is 1.67 bits per heavy atom. The van der Waals surface area contributed by atoms with Crippen molar-refractivity contribution in [3.8, 4) is 12.3 Å². The van der Waals surface area contributed by atoms with Crippen molar-refractivity contribution in [2.45, 2.75) is 13.3 Å². The molecule has 15 heavy (non-hydrogen) atoms. The number of aliphatic carboxylic acids is 1. The van der Waals surface area contributed by atoms with Crippen molar-refractivity contribution in [1.82, 2.24) is 5.32 Å².